The Bertz CT molecular complexity index is 1230. The summed E-state index contributed by atoms with van der Waals surface area (Å²) in [6.45, 7) is 10.1. The predicted molar refractivity (Wildman–Crippen MR) is 151 cm³/mol. The number of phenols is 2. The summed E-state index contributed by atoms with van der Waals surface area (Å²) < 4.78 is 5.36. The second kappa shape index (κ2) is 13.7. The highest BCUT2D eigenvalue weighted by atomic mass is 16.6. The topological polar surface area (TPSA) is 171 Å². The van der Waals surface area contributed by atoms with Gasteiger partial charge in [0, 0.05) is 36.0 Å². The Hall–Kier alpha value is -4.05. The lowest BCUT2D eigenvalue weighted by molar-refractivity contribution is -0.114. The van der Waals surface area contributed by atoms with Gasteiger partial charge < -0.3 is 36.4 Å². The molecule has 10 heteroatoms. The maximum Gasteiger partial charge on any atom is 0.405 e. The Morgan fingerprint density at radius 3 is 2.44 bits per heavy atom. The number of ether oxygens (including phenoxy) is 1. The molecule has 0 spiro atoms. The van der Waals surface area contributed by atoms with Crippen molar-refractivity contribution in [2.45, 2.75) is 66.6 Å². The first kappa shape index (κ1) is 31.2. The molecule has 1 aliphatic rings. The van der Waals surface area contributed by atoms with E-state index in [2.05, 4.69) is 10.6 Å². The molecule has 0 saturated carbocycles. The first-order valence-electron chi connectivity index (χ1n) is 12.7. The van der Waals surface area contributed by atoms with E-state index in [9.17, 15) is 29.7 Å². The van der Waals surface area contributed by atoms with Crippen LogP contribution in [-0.2, 0) is 14.3 Å². The molecule has 1 aromatic carbocycles. The van der Waals surface area contributed by atoms with Crippen LogP contribution in [0.5, 0.6) is 11.5 Å². The Morgan fingerprint density at radius 2 is 1.82 bits per heavy atom. The predicted octanol–water partition coefficient (Wildman–Crippen LogP) is 4.74. The average Bonchev–Trinajstić information content (AvgIpc) is 2.84. The van der Waals surface area contributed by atoms with Gasteiger partial charge in [-0.25, -0.2) is 4.79 Å². The molecule has 1 heterocycles. The van der Waals surface area contributed by atoms with Gasteiger partial charge >= 0.3 is 6.09 Å². The van der Waals surface area contributed by atoms with Crippen molar-refractivity contribution in [2.24, 2.45) is 17.6 Å². The molecule has 1 aromatic rings. The van der Waals surface area contributed by atoms with E-state index in [1.807, 2.05) is 19.9 Å². The monoisotopic (exact) mass is 541 g/mol. The van der Waals surface area contributed by atoms with Crippen molar-refractivity contribution in [3.63, 3.8) is 0 Å². The normalized spacial score (nSPS) is 25.8. The van der Waals surface area contributed by atoms with Gasteiger partial charge in [-0.2, -0.15) is 0 Å². The molecule has 1 aliphatic heterocycles. The Balaban J connectivity index is 2.63. The molecule has 39 heavy (non-hydrogen) atoms. The number of anilines is 2. The third-order valence-electron chi connectivity index (χ3n) is 6.51. The highest BCUT2D eigenvalue weighted by Gasteiger charge is 2.23. The zero-order chi connectivity index (χ0) is 29.4. The van der Waals surface area contributed by atoms with Gasteiger partial charge in [0.15, 0.2) is 0 Å². The van der Waals surface area contributed by atoms with E-state index in [0.29, 0.717) is 18.4 Å². The number of nitrogens with one attached hydrogen (secondary N) is 2. The molecule has 0 fully saturated rings. The number of primary amides is 1. The molecular formula is C29H39N3O7. The lowest BCUT2D eigenvalue weighted by Crippen LogP contribution is -2.29. The molecular weight excluding hydrogens is 502 g/mol. The van der Waals surface area contributed by atoms with Crippen LogP contribution >= 0.6 is 0 Å². The van der Waals surface area contributed by atoms with E-state index in [0.717, 1.165) is 17.2 Å². The summed E-state index contributed by atoms with van der Waals surface area (Å²) >= 11 is 0. The Labute approximate surface area is 228 Å². The number of fused-ring (bicyclic) bond motifs is 2. The number of hydrogen-bond acceptors (Lipinski definition) is 7. The summed E-state index contributed by atoms with van der Waals surface area (Å²) in [6, 6.07) is 1.16. The highest BCUT2D eigenvalue weighted by molar-refractivity contribution is 6.06. The van der Waals surface area contributed by atoms with Crippen molar-refractivity contribution in [3.05, 3.63) is 52.7 Å². The zero-order valence-corrected chi connectivity index (χ0v) is 23.2. The molecule has 212 valence electrons. The van der Waals surface area contributed by atoms with E-state index in [1.54, 1.807) is 45.1 Å². The van der Waals surface area contributed by atoms with Gasteiger partial charge in [0.2, 0.25) is 5.91 Å². The number of nitrogens with two attached hydrogens (primary N) is 1. The fourth-order valence-corrected chi connectivity index (χ4v) is 4.31. The number of aromatic hydroxyl groups is 2. The van der Waals surface area contributed by atoms with Crippen LogP contribution in [0.3, 0.4) is 0 Å². The van der Waals surface area contributed by atoms with Gasteiger partial charge in [-0.3, -0.25) is 9.59 Å². The first-order chi connectivity index (χ1) is 18.2. The minimum Gasteiger partial charge on any atom is -0.506 e. The van der Waals surface area contributed by atoms with Gasteiger partial charge in [0.1, 0.15) is 17.6 Å². The molecule has 0 radical (unpaired) electrons. The lowest BCUT2D eigenvalue weighted by atomic mass is 9.91. The van der Waals surface area contributed by atoms with E-state index in [-0.39, 0.29) is 40.3 Å². The summed E-state index contributed by atoms with van der Waals surface area (Å²) in [5, 5.41) is 37.6. The van der Waals surface area contributed by atoms with E-state index < -0.39 is 30.1 Å². The molecule has 7 N–H and O–H groups in total. The van der Waals surface area contributed by atoms with Crippen molar-refractivity contribution < 1.29 is 34.4 Å². The number of hydrogen-bond donors (Lipinski definition) is 6. The van der Waals surface area contributed by atoms with Gasteiger partial charge in [-0.05, 0) is 39.2 Å². The number of allylic oxidation sites excluding steroid dienone is 3. The van der Waals surface area contributed by atoms with E-state index in [4.69, 9.17) is 10.5 Å². The molecule has 2 rings (SSSR count). The Morgan fingerprint density at radius 1 is 1.15 bits per heavy atom. The van der Waals surface area contributed by atoms with Crippen LogP contribution in [0.2, 0.25) is 0 Å². The van der Waals surface area contributed by atoms with Gasteiger partial charge in [0.05, 0.1) is 17.5 Å². The quantitative estimate of drug-likeness (QED) is 0.178. The molecule has 10 nitrogen and oxygen atoms in total. The van der Waals surface area contributed by atoms with Crippen molar-refractivity contribution in [3.8, 4) is 11.5 Å². The summed E-state index contributed by atoms with van der Waals surface area (Å²) in [5.41, 5.74) is 7.14. The molecule has 4 unspecified atom stereocenters. The molecule has 0 aliphatic carbocycles. The van der Waals surface area contributed by atoms with Crippen LogP contribution in [0.15, 0.2) is 47.1 Å². The smallest absolute Gasteiger partial charge is 0.405 e. The second-order valence-corrected chi connectivity index (χ2v) is 10.0. The van der Waals surface area contributed by atoms with Crippen molar-refractivity contribution in [1.29, 1.82) is 0 Å². The second-order valence-electron chi connectivity index (χ2n) is 10.0. The standard InChI is InChI=1S/C29H39N3O7/c1-15-10-11-23(34)18(4)13-19(5)27(39-29(30)38)16(2)8-7-9-17(3)28(37)32-22-14-24(35)25(31-20(6)33)21(12-15)26(22)36/h7-9,12-14,16,18,23,27,34-36H,10-11H2,1-6H3,(H2,30,38)(H,31,33)(H,32,37)/b8-7?,15-12-,17-9+,19-13?. The molecule has 2 bridgehead atoms. The Kier molecular flexibility index (Phi) is 10.9. The van der Waals surface area contributed by atoms with Crippen LogP contribution in [-0.4, -0.2) is 45.4 Å². The molecule has 4 atom stereocenters. The first-order valence-corrected chi connectivity index (χ1v) is 12.7. The van der Waals surface area contributed by atoms with Crippen LogP contribution in [0.25, 0.3) is 6.08 Å². The number of aliphatic hydroxyl groups excluding tert-OH is 1. The molecule has 0 aromatic heterocycles. The van der Waals surface area contributed by atoms with Crippen molar-refractivity contribution in [2.75, 3.05) is 10.6 Å². The number of amides is 3. The van der Waals surface area contributed by atoms with Gasteiger partial charge in [-0.1, -0.05) is 49.8 Å². The SMILES string of the molecule is CC(=O)Nc1c(O)cc2c(O)c1/C=C(/C)CCC(O)C(C)C=C(C)C(OC(N)=O)C(C)C=C/C=C(\C)C(=O)N2. The van der Waals surface area contributed by atoms with Crippen LogP contribution in [0, 0.1) is 11.8 Å². The fourth-order valence-electron chi connectivity index (χ4n) is 4.31. The van der Waals surface area contributed by atoms with Crippen molar-refractivity contribution >= 4 is 35.4 Å². The number of phenolic OH excluding ortho intramolecular Hbond substituents is 2. The largest absolute Gasteiger partial charge is 0.506 e. The maximum absolute atomic E-state index is 12.9. The number of carbonyl (C=O) groups excluding carboxylic acids is 3. The average molecular weight is 542 g/mol. The minimum absolute atomic E-state index is 0.000364. The summed E-state index contributed by atoms with van der Waals surface area (Å²) in [7, 11) is 0. The summed E-state index contributed by atoms with van der Waals surface area (Å²) in [4.78, 5) is 36.2. The number of benzene rings is 1. The lowest BCUT2D eigenvalue weighted by Gasteiger charge is -2.24. The van der Waals surface area contributed by atoms with Crippen LogP contribution in [0.1, 0.15) is 59.9 Å². The molecule has 3 amide bonds. The minimum atomic E-state index is -0.921. The number of aliphatic hydroxyl groups is 1. The highest BCUT2D eigenvalue weighted by Crippen LogP contribution is 2.42. The van der Waals surface area contributed by atoms with E-state index in [1.165, 1.54) is 6.92 Å². The number of carbonyl (C=O) groups is 3. The third kappa shape index (κ3) is 8.75. The zero-order valence-electron chi connectivity index (χ0n) is 23.2. The van der Waals surface area contributed by atoms with Gasteiger partial charge in [0.25, 0.3) is 5.91 Å². The van der Waals surface area contributed by atoms with Gasteiger partial charge in [-0.15, -0.1) is 0 Å². The maximum atomic E-state index is 12.9. The fraction of sp³-hybridized carbons (Fsp3) is 0.414. The van der Waals surface area contributed by atoms with Crippen LogP contribution in [0.4, 0.5) is 16.2 Å². The third-order valence-corrected chi connectivity index (χ3v) is 6.51. The summed E-state index contributed by atoms with van der Waals surface area (Å²) in [6.07, 6.45) is 6.85. The van der Waals surface area contributed by atoms with E-state index >= 15 is 0 Å². The molecule has 0 saturated heterocycles. The summed E-state index contributed by atoms with van der Waals surface area (Å²) in [5.74, 6) is -2.25. The van der Waals surface area contributed by atoms with Crippen molar-refractivity contribution in [1.82, 2.24) is 0 Å². The number of rotatable bonds is 2. The van der Waals surface area contributed by atoms with Crippen LogP contribution < -0.4 is 16.4 Å².